The van der Waals surface area contributed by atoms with Crippen LogP contribution >= 0.6 is 12.2 Å². The van der Waals surface area contributed by atoms with Crippen LogP contribution < -0.4 is 10.1 Å². The number of hydrogen-bond acceptors (Lipinski definition) is 6. The Kier molecular flexibility index (Phi) is 6.58. The number of nitro benzene ring substituents is 1. The molecule has 0 bridgehead atoms. The summed E-state index contributed by atoms with van der Waals surface area (Å²) in [5.74, 6) is 0.433. The molecule has 0 spiro atoms. The first kappa shape index (κ1) is 24.4. The zero-order valence-electron chi connectivity index (χ0n) is 20.7. The normalized spacial score (nSPS) is 17.1. The zero-order chi connectivity index (χ0) is 26.1. The number of nitrogens with zero attached hydrogens (tertiary/aromatic N) is 5. The summed E-state index contributed by atoms with van der Waals surface area (Å²) in [5, 5.41) is 16.1. The number of pyridine rings is 2. The van der Waals surface area contributed by atoms with E-state index in [9.17, 15) is 10.1 Å². The lowest BCUT2D eigenvalue weighted by atomic mass is 9.96. The van der Waals surface area contributed by atoms with Gasteiger partial charge in [0.15, 0.2) is 5.11 Å². The molecular formula is C27H26N6O3S. The topological polar surface area (TPSA) is 98.3 Å². The quantitative estimate of drug-likeness (QED) is 0.210. The summed E-state index contributed by atoms with van der Waals surface area (Å²) < 4.78 is 7.16. The Morgan fingerprint density at radius 1 is 1.11 bits per heavy atom. The molecule has 1 aliphatic rings. The van der Waals surface area contributed by atoms with Crippen LogP contribution in [0, 0.1) is 24.0 Å². The second-order valence-electron chi connectivity index (χ2n) is 8.88. The van der Waals surface area contributed by atoms with Crippen LogP contribution in [0.2, 0.25) is 0 Å². The Balaban J connectivity index is 1.65. The number of methoxy groups -OCH3 is 1. The van der Waals surface area contributed by atoms with Crippen LogP contribution in [0.15, 0.2) is 73.2 Å². The fourth-order valence-electron chi connectivity index (χ4n) is 5.02. The molecular weight excluding hydrogens is 488 g/mol. The van der Waals surface area contributed by atoms with Crippen molar-refractivity contribution in [2.45, 2.75) is 32.5 Å². The van der Waals surface area contributed by atoms with Gasteiger partial charge in [0.05, 0.1) is 35.9 Å². The lowest BCUT2D eigenvalue weighted by Gasteiger charge is -2.28. The second-order valence-corrected chi connectivity index (χ2v) is 9.27. The van der Waals surface area contributed by atoms with Crippen LogP contribution in [0.1, 0.15) is 40.3 Å². The van der Waals surface area contributed by atoms with Crippen molar-refractivity contribution in [2.24, 2.45) is 0 Å². The summed E-state index contributed by atoms with van der Waals surface area (Å²) in [6.45, 7) is 4.51. The number of rotatable bonds is 7. The number of nitrogens with one attached hydrogen (secondary N) is 1. The van der Waals surface area contributed by atoms with Gasteiger partial charge >= 0.3 is 0 Å². The van der Waals surface area contributed by atoms with Crippen LogP contribution in [0.5, 0.6) is 5.75 Å². The molecule has 0 amide bonds. The van der Waals surface area contributed by atoms with E-state index in [2.05, 4.69) is 26.3 Å². The number of ether oxygens (including phenoxy) is 1. The van der Waals surface area contributed by atoms with Crippen molar-refractivity contribution >= 4 is 23.0 Å². The van der Waals surface area contributed by atoms with Gasteiger partial charge in [-0.15, -0.1) is 0 Å². The highest BCUT2D eigenvalue weighted by atomic mass is 32.1. The van der Waals surface area contributed by atoms with E-state index in [-0.39, 0.29) is 22.7 Å². The molecule has 1 aromatic carbocycles. The SMILES string of the molecule is COc1ccc(-n2c(C)cc(C3C(c4ccccn4)NC(=S)N3Cc3ccncc3)c2C)c([N+](=O)[O-])c1. The molecule has 37 heavy (non-hydrogen) atoms. The molecule has 188 valence electrons. The molecule has 0 aliphatic carbocycles. The second kappa shape index (κ2) is 9.98. The number of nitro groups is 1. The Hall–Kier alpha value is -4.31. The van der Waals surface area contributed by atoms with Gasteiger partial charge in [-0.1, -0.05) is 6.07 Å². The number of aromatic nitrogens is 3. The van der Waals surface area contributed by atoms with E-state index in [4.69, 9.17) is 17.0 Å². The zero-order valence-corrected chi connectivity index (χ0v) is 21.5. The predicted octanol–water partition coefficient (Wildman–Crippen LogP) is 4.97. The van der Waals surface area contributed by atoms with Crippen molar-refractivity contribution in [2.75, 3.05) is 7.11 Å². The third kappa shape index (κ3) is 4.51. The van der Waals surface area contributed by atoms with Crippen LogP contribution in [-0.2, 0) is 6.54 Å². The molecule has 0 radical (unpaired) electrons. The third-order valence-corrected chi connectivity index (χ3v) is 7.06. The van der Waals surface area contributed by atoms with Gasteiger partial charge in [-0.05, 0) is 79.7 Å². The molecule has 2 atom stereocenters. The van der Waals surface area contributed by atoms with Crippen LogP contribution in [0.4, 0.5) is 5.69 Å². The molecule has 4 heterocycles. The summed E-state index contributed by atoms with van der Waals surface area (Å²) in [5.41, 5.74) is 5.18. The van der Waals surface area contributed by atoms with Gasteiger partial charge in [0.2, 0.25) is 0 Å². The first-order chi connectivity index (χ1) is 17.9. The average molecular weight is 515 g/mol. The molecule has 0 saturated carbocycles. The van der Waals surface area contributed by atoms with Gasteiger partial charge in [0, 0.05) is 36.5 Å². The third-order valence-electron chi connectivity index (χ3n) is 6.71. The van der Waals surface area contributed by atoms with Gasteiger partial charge in [0.1, 0.15) is 11.4 Å². The van der Waals surface area contributed by atoms with E-state index in [0.717, 1.165) is 28.2 Å². The highest BCUT2D eigenvalue weighted by Gasteiger charge is 2.41. The predicted molar refractivity (Wildman–Crippen MR) is 144 cm³/mol. The van der Waals surface area contributed by atoms with Gasteiger partial charge < -0.3 is 19.5 Å². The van der Waals surface area contributed by atoms with Gasteiger partial charge in [-0.3, -0.25) is 20.1 Å². The Morgan fingerprint density at radius 3 is 2.57 bits per heavy atom. The fraction of sp³-hybridized carbons (Fsp3) is 0.222. The number of hydrogen-bond donors (Lipinski definition) is 1. The molecule has 1 aliphatic heterocycles. The van der Waals surface area contributed by atoms with Crippen LogP contribution in [0.3, 0.4) is 0 Å². The average Bonchev–Trinajstić information content (AvgIpc) is 3.39. The van der Waals surface area contributed by atoms with Crippen molar-refractivity contribution in [3.05, 3.63) is 112 Å². The maximum absolute atomic E-state index is 12.0. The number of thiocarbonyl (C=S) groups is 1. The number of aryl methyl sites for hydroxylation is 1. The maximum atomic E-state index is 12.0. The molecule has 2 unspecified atom stereocenters. The minimum atomic E-state index is -0.380. The maximum Gasteiger partial charge on any atom is 0.296 e. The smallest absolute Gasteiger partial charge is 0.296 e. The van der Waals surface area contributed by atoms with Crippen molar-refractivity contribution < 1.29 is 9.66 Å². The van der Waals surface area contributed by atoms with Crippen molar-refractivity contribution in [1.29, 1.82) is 0 Å². The molecule has 1 N–H and O–H groups in total. The highest BCUT2D eigenvalue weighted by molar-refractivity contribution is 7.80. The standard InChI is InChI=1S/C27H26N6O3S/c1-17-14-21(18(2)32(17)23-8-7-20(36-3)15-24(23)33(34)35)26-25(22-6-4-5-11-29-22)30-27(37)31(26)16-19-9-12-28-13-10-19/h4-15,25-26H,16H2,1-3H3,(H,30,37). The molecule has 5 rings (SSSR count). The van der Waals surface area contributed by atoms with Gasteiger partial charge in [-0.25, -0.2) is 0 Å². The summed E-state index contributed by atoms with van der Waals surface area (Å²) in [6, 6.07) is 16.4. The number of benzene rings is 1. The Morgan fingerprint density at radius 2 is 1.89 bits per heavy atom. The molecule has 4 aromatic rings. The summed E-state index contributed by atoms with van der Waals surface area (Å²) in [6.07, 6.45) is 5.30. The Labute approximate surface area is 219 Å². The van der Waals surface area contributed by atoms with E-state index in [0.29, 0.717) is 23.1 Å². The summed E-state index contributed by atoms with van der Waals surface area (Å²) in [7, 11) is 1.49. The minimum absolute atomic E-state index is 0.0253. The van der Waals surface area contributed by atoms with E-state index in [1.165, 1.54) is 13.2 Å². The van der Waals surface area contributed by atoms with Gasteiger partial charge in [-0.2, -0.15) is 0 Å². The fourth-order valence-corrected chi connectivity index (χ4v) is 5.33. The minimum Gasteiger partial charge on any atom is -0.496 e. The van der Waals surface area contributed by atoms with Crippen molar-refractivity contribution in [3.8, 4) is 11.4 Å². The lowest BCUT2D eigenvalue weighted by molar-refractivity contribution is -0.384. The van der Waals surface area contributed by atoms with Crippen LogP contribution in [0.25, 0.3) is 5.69 Å². The van der Waals surface area contributed by atoms with E-state index in [1.54, 1.807) is 30.7 Å². The molecule has 1 saturated heterocycles. The molecule has 9 nitrogen and oxygen atoms in total. The molecule has 1 fully saturated rings. The molecule has 10 heteroatoms. The van der Waals surface area contributed by atoms with Crippen molar-refractivity contribution in [1.82, 2.24) is 24.8 Å². The summed E-state index contributed by atoms with van der Waals surface area (Å²) >= 11 is 5.81. The molecule has 3 aromatic heterocycles. The monoisotopic (exact) mass is 514 g/mol. The van der Waals surface area contributed by atoms with E-state index < -0.39 is 0 Å². The van der Waals surface area contributed by atoms with Crippen LogP contribution in [-0.4, -0.2) is 36.6 Å². The van der Waals surface area contributed by atoms with E-state index >= 15 is 0 Å². The first-order valence-electron chi connectivity index (χ1n) is 11.8. The van der Waals surface area contributed by atoms with Crippen molar-refractivity contribution in [3.63, 3.8) is 0 Å². The highest BCUT2D eigenvalue weighted by Crippen LogP contribution is 2.43. The largest absolute Gasteiger partial charge is 0.496 e. The first-order valence-corrected chi connectivity index (χ1v) is 12.2. The summed E-state index contributed by atoms with van der Waals surface area (Å²) in [4.78, 5) is 22.5. The van der Waals surface area contributed by atoms with E-state index in [1.807, 2.05) is 48.7 Å². The van der Waals surface area contributed by atoms with Gasteiger partial charge in [0.25, 0.3) is 5.69 Å². The lowest BCUT2D eigenvalue weighted by Crippen LogP contribution is -2.29. The Bertz CT molecular complexity index is 1460.